The van der Waals surface area contributed by atoms with E-state index in [4.69, 9.17) is 5.73 Å². The third kappa shape index (κ3) is 3.79. The number of nitrogens with zero attached hydrogens (tertiary/aromatic N) is 1. The molecular formula is C15H25FN2. The molecule has 1 atom stereocenters. The molecular weight excluding hydrogens is 227 g/mol. The van der Waals surface area contributed by atoms with Gasteiger partial charge in [0.25, 0.3) is 0 Å². The Labute approximate surface area is 110 Å². The zero-order chi connectivity index (χ0) is 13.5. The van der Waals surface area contributed by atoms with Crippen molar-refractivity contribution in [2.24, 2.45) is 5.73 Å². The lowest BCUT2D eigenvalue weighted by Gasteiger charge is -2.30. The highest BCUT2D eigenvalue weighted by atomic mass is 19.1. The first-order chi connectivity index (χ1) is 8.63. The van der Waals surface area contributed by atoms with Crippen molar-refractivity contribution in [1.29, 1.82) is 0 Å². The van der Waals surface area contributed by atoms with Crippen LogP contribution in [0.5, 0.6) is 0 Å². The van der Waals surface area contributed by atoms with Gasteiger partial charge >= 0.3 is 0 Å². The maximum atomic E-state index is 13.7. The number of benzene rings is 1. The van der Waals surface area contributed by atoms with Crippen LogP contribution >= 0.6 is 0 Å². The van der Waals surface area contributed by atoms with Crippen molar-refractivity contribution in [1.82, 2.24) is 4.90 Å². The summed E-state index contributed by atoms with van der Waals surface area (Å²) in [6.07, 6.45) is 2.18. The molecule has 0 saturated carbocycles. The molecule has 0 aliphatic heterocycles. The lowest BCUT2D eigenvalue weighted by Crippen LogP contribution is -2.35. The van der Waals surface area contributed by atoms with Crippen molar-refractivity contribution in [3.63, 3.8) is 0 Å². The summed E-state index contributed by atoms with van der Waals surface area (Å²) in [6, 6.07) is 5.59. The molecule has 0 spiro atoms. The van der Waals surface area contributed by atoms with Crippen molar-refractivity contribution in [2.45, 2.75) is 39.7 Å². The van der Waals surface area contributed by atoms with Crippen LogP contribution in [0.1, 0.15) is 43.9 Å². The number of hydrogen-bond acceptors (Lipinski definition) is 2. The smallest absolute Gasteiger partial charge is 0.126 e. The van der Waals surface area contributed by atoms with Gasteiger partial charge in [-0.15, -0.1) is 0 Å². The lowest BCUT2D eigenvalue weighted by atomic mass is 10.0. The van der Waals surface area contributed by atoms with Crippen molar-refractivity contribution in [2.75, 3.05) is 19.6 Å². The molecule has 0 saturated heterocycles. The van der Waals surface area contributed by atoms with E-state index in [0.29, 0.717) is 12.1 Å². The SMILES string of the molecule is CCCN(CCC)C(CN)c1ccc(C)c(F)c1. The minimum Gasteiger partial charge on any atom is -0.329 e. The van der Waals surface area contributed by atoms with Gasteiger partial charge in [0, 0.05) is 12.6 Å². The summed E-state index contributed by atoms with van der Waals surface area (Å²) in [5, 5.41) is 0. The highest BCUT2D eigenvalue weighted by Crippen LogP contribution is 2.22. The number of aryl methyl sites for hydroxylation is 1. The average molecular weight is 252 g/mol. The predicted octanol–water partition coefficient (Wildman–Crippen LogP) is 3.26. The molecule has 3 heteroatoms. The van der Waals surface area contributed by atoms with Crippen LogP contribution in [0.3, 0.4) is 0 Å². The van der Waals surface area contributed by atoms with E-state index in [-0.39, 0.29) is 11.9 Å². The first-order valence-corrected chi connectivity index (χ1v) is 6.84. The largest absolute Gasteiger partial charge is 0.329 e. The van der Waals surface area contributed by atoms with Gasteiger partial charge in [0.2, 0.25) is 0 Å². The lowest BCUT2D eigenvalue weighted by molar-refractivity contribution is 0.201. The number of rotatable bonds is 7. The Morgan fingerprint density at radius 3 is 2.28 bits per heavy atom. The van der Waals surface area contributed by atoms with Gasteiger partial charge < -0.3 is 5.73 Å². The molecule has 2 N–H and O–H groups in total. The molecule has 18 heavy (non-hydrogen) atoms. The van der Waals surface area contributed by atoms with E-state index < -0.39 is 0 Å². The van der Waals surface area contributed by atoms with Crippen LogP contribution in [0.2, 0.25) is 0 Å². The van der Waals surface area contributed by atoms with Crippen LogP contribution in [0.4, 0.5) is 4.39 Å². The van der Waals surface area contributed by atoms with Crippen LogP contribution in [0, 0.1) is 12.7 Å². The number of hydrogen-bond donors (Lipinski definition) is 1. The Hall–Kier alpha value is -0.930. The van der Waals surface area contributed by atoms with Crippen LogP contribution in [0.15, 0.2) is 18.2 Å². The van der Waals surface area contributed by atoms with Crippen molar-refractivity contribution >= 4 is 0 Å². The van der Waals surface area contributed by atoms with E-state index in [1.54, 1.807) is 13.0 Å². The van der Waals surface area contributed by atoms with Crippen molar-refractivity contribution in [3.05, 3.63) is 35.1 Å². The van der Waals surface area contributed by atoms with Gasteiger partial charge in [0.15, 0.2) is 0 Å². The molecule has 0 bridgehead atoms. The van der Waals surface area contributed by atoms with Crippen LogP contribution in [-0.4, -0.2) is 24.5 Å². The fourth-order valence-electron chi connectivity index (χ4n) is 2.31. The Kier molecular flexibility index (Phi) is 6.30. The maximum absolute atomic E-state index is 13.7. The number of halogens is 1. The molecule has 1 aromatic rings. The van der Waals surface area contributed by atoms with Crippen molar-refractivity contribution < 1.29 is 4.39 Å². The van der Waals surface area contributed by atoms with Gasteiger partial charge in [-0.2, -0.15) is 0 Å². The summed E-state index contributed by atoms with van der Waals surface area (Å²) >= 11 is 0. The van der Waals surface area contributed by atoms with Gasteiger partial charge in [-0.05, 0) is 50.0 Å². The molecule has 0 radical (unpaired) electrons. The maximum Gasteiger partial charge on any atom is 0.126 e. The molecule has 1 aromatic carbocycles. The molecule has 0 amide bonds. The van der Waals surface area contributed by atoms with Gasteiger partial charge in [-0.1, -0.05) is 26.0 Å². The second kappa shape index (κ2) is 7.49. The normalized spacial score (nSPS) is 13.0. The summed E-state index contributed by atoms with van der Waals surface area (Å²) in [6.45, 7) is 8.64. The van der Waals surface area contributed by atoms with Gasteiger partial charge in [-0.25, -0.2) is 4.39 Å². The molecule has 1 unspecified atom stereocenters. The molecule has 0 fully saturated rings. The van der Waals surface area contributed by atoms with E-state index in [0.717, 1.165) is 31.5 Å². The Balaban J connectivity index is 2.94. The standard InChI is InChI=1S/C15H25FN2/c1-4-8-18(9-5-2)15(11-17)13-7-6-12(3)14(16)10-13/h6-7,10,15H,4-5,8-9,11,17H2,1-3H3. The predicted molar refractivity (Wildman–Crippen MR) is 75.1 cm³/mol. The van der Waals surface area contributed by atoms with E-state index >= 15 is 0 Å². The molecule has 0 aliphatic rings. The summed E-state index contributed by atoms with van der Waals surface area (Å²) in [7, 11) is 0. The van der Waals surface area contributed by atoms with E-state index in [9.17, 15) is 4.39 Å². The van der Waals surface area contributed by atoms with E-state index in [1.807, 2.05) is 12.1 Å². The molecule has 0 aromatic heterocycles. The quantitative estimate of drug-likeness (QED) is 0.807. The second-order valence-corrected chi connectivity index (χ2v) is 4.80. The Bertz CT molecular complexity index is 360. The van der Waals surface area contributed by atoms with Crippen LogP contribution < -0.4 is 5.73 Å². The summed E-state index contributed by atoms with van der Waals surface area (Å²) < 4.78 is 13.7. The second-order valence-electron chi connectivity index (χ2n) is 4.80. The fraction of sp³-hybridized carbons (Fsp3) is 0.600. The minimum absolute atomic E-state index is 0.125. The molecule has 1 rings (SSSR count). The summed E-state index contributed by atoms with van der Waals surface area (Å²) in [4.78, 5) is 2.35. The molecule has 0 aliphatic carbocycles. The first-order valence-electron chi connectivity index (χ1n) is 6.84. The molecule has 2 nitrogen and oxygen atoms in total. The van der Waals surface area contributed by atoms with Gasteiger partial charge in [0.05, 0.1) is 0 Å². The Morgan fingerprint density at radius 1 is 1.22 bits per heavy atom. The summed E-state index contributed by atoms with van der Waals surface area (Å²) in [5.74, 6) is -0.140. The van der Waals surface area contributed by atoms with E-state index in [1.165, 1.54) is 0 Å². The first kappa shape index (κ1) is 15.1. The van der Waals surface area contributed by atoms with Crippen LogP contribution in [0.25, 0.3) is 0 Å². The van der Waals surface area contributed by atoms with Gasteiger partial charge in [0.1, 0.15) is 5.82 Å². The Morgan fingerprint density at radius 2 is 1.83 bits per heavy atom. The zero-order valence-corrected chi connectivity index (χ0v) is 11.7. The van der Waals surface area contributed by atoms with Crippen LogP contribution in [-0.2, 0) is 0 Å². The third-order valence-electron chi connectivity index (χ3n) is 3.27. The van der Waals surface area contributed by atoms with E-state index in [2.05, 4.69) is 18.7 Å². The van der Waals surface area contributed by atoms with Gasteiger partial charge in [-0.3, -0.25) is 4.90 Å². The summed E-state index contributed by atoms with van der Waals surface area (Å²) in [5.41, 5.74) is 7.57. The highest BCUT2D eigenvalue weighted by Gasteiger charge is 2.18. The van der Waals surface area contributed by atoms with Crippen molar-refractivity contribution in [3.8, 4) is 0 Å². The molecule has 102 valence electrons. The minimum atomic E-state index is -0.140. The zero-order valence-electron chi connectivity index (χ0n) is 11.7. The topological polar surface area (TPSA) is 29.3 Å². The third-order valence-corrected chi connectivity index (χ3v) is 3.27. The monoisotopic (exact) mass is 252 g/mol. The average Bonchev–Trinajstić information content (AvgIpc) is 2.35. The fourth-order valence-corrected chi connectivity index (χ4v) is 2.31. The molecule has 0 heterocycles. The number of nitrogens with two attached hydrogens (primary N) is 1. The highest BCUT2D eigenvalue weighted by molar-refractivity contribution is 5.26.